The third kappa shape index (κ3) is 3.98. The Hall–Kier alpha value is -2.58. The molecule has 0 atom stereocenters. The van der Waals surface area contributed by atoms with Crippen LogP contribution >= 0.6 is 22.7 Å². The quantitative estimate of drug-likeness (QED) is 0.466. The third-order valence-electron chi connectivity index (χ3n) is 4.44. The maximum Gasteiger partial charge on any atom is 0.225 e. The summed E-state index contributed by atoms with van der Waals surface area (Å²) in [4.78, 5) is 21.0. The van der Waals surface area contributed by atoms with Gasteiger partial charge in [-0.25, -0.2) is 15.0 Å². The van der Waals surface area contributed by atoms with Crippen LogP contribution in [0.5, 0.6) is 0 Å². The molecule has 4 aromatic rings. The zero-order valence-corrected chi connectivity index (χ0v) is 18.0. The van der Waals surface area contributed by atoms with Gasteiger partial charge < -0.3 is 10.6 Å². The van der Waals surface area contributed by atoms with E-state index >= 15 is 0 Å². The average Bonchev–Trinajstić information content (AvgIpc) is 3.17. The first-order chi connectivity index (χ1) is 13.5. The number of fused-ring (bicyclic) bond motifs is 1. The fourth-order valence-electron chi connectivity index (χ4n) is 3.09. The summed E-state index contributed by atoms with van der Waals surface area (Å²) in [5.74, 6) is 1.40. The first-order valence-electron chi connectivity index (χ1n) is 9.10. The van der Waals surface area contributed by atoms with Gasteiger partial charge >= 0.3 is 0 Å². The van der Waals surface area contributed by atoms with Crippen LogP contribution in [0, 0.1) is 27.7 Å². The Balaban J connectivity index is 1.59. The van der Waals surface area contributed by atoms with E-state index in [4.69, 9.17) is 4.98 Å². The van der Waals surface area contributed by atoms with E-state index in [9.17, 15) is 0 Å². The molecule has 0 fully saturated rings. The number of aromatic nitrogens is 4. The number of nitrogens with one attached hydrogen (secondary N) is 2. The second kappa shape index (κ2) is 7.81. The SMILES string of the molecule is Cc1nc(CNc2nc(NCc3nc(C)sc3C)c3ccccc3n2)c(C)s1. The molecule has 0 bridgehead atoms. The van der Waals surface area contributed by atoms with Gasteiger partial charge in [0.2, 0.25) is 5.95 Å². The molecule has 2 N–H and O–H groups in total. The van der Waals surface area contributed by atoms with Crippen molar-refractivity contribution >= 4 is 45.3 Å². The lowest BCUT2D eigenvalue weighted by Crippen LogP contribution is -2.09. The second-order valence-electron chi connectivity index (χ2n) is 6.59. The fraction of sp³-hybridized carbons (Fsp3) is 0.300. The van der Waals surface area contributed by atoms with Crippen LogP contribution in [-0.2, 0) is 13.1 Å². The maximum absolute atomic E-state index is 4.72. The normalized spacial score (nSPS) is 11.1. The summed E-state index contributed by atoms with van der Waals surface area (Å²) in [6, 6.07) is 8.03. The molecular weight excluding hydrogens is 388 g/mol. The number of thiazole rings is 2. The fourth-order valence-corrected chi connectivity index (χ4v) is 4.76. The van der Waals surface area contributed by atoms with Crippen molar-refractivity contribution in [3.05, 3.63) is 55.4 Å². The number of aryl methyl sites for hydroxylation is 4. The highest BCUT2D eigenvalue weighted by atomic mass is 32.1. The smallest absolute Gasteiger partial charge is 0.225 e. The van der Waals surface area contributed by atoms with Gasteiger partial charge in [-0.3, -0.25) is 0 Å². The molecule has 0 unspecified atom stereocenters. The molecule has 0 amide bonds. The van der Waals surface area contributed by atoms with Crippen molar-refractivity contribution in [1.82, 2.24) is 19.9 Å². The molecule has 0 radical (unpaired) electrons. The van der Waals surface area contributed by atoms with Gasteiger partial charge in [0.05, 0.1) is 40.0 Å². The summed E-state index contributed by atoms with van der Waals surface area (Å²) in [5, 5.41) is 9.94. The molecule has 0 aliphatic carbocycles. The van der Waals surface area contributed by atoms with Crippen LogP contribution in [0.1, 0.15) is 31.2 Å². The van der Waals surface area contributed by atoms with E-state index in [0.29, 0.717) is 19.0 Å². The Morgan fingerprint density at radius 2 is 1.36 bits per heavy atom. The van der Waals surface area contributed by atoms with Crippen molar-refractivity contribution in [2.75, 3.05) is 10.6 Å². The number of hydrogen-bond donors (Lipinski definition) is 2. The minimum Gasteiger partial charge on any atom is -0.364 e. The highest BCUT2D eigenvalue weighted by molar-refractivity contribution is 7.11. The molecule has 3 heterocycles. The predicted molar refractivity (Wildman–Crippen MR) is 117 cm³/mol. The minimum atomic E-state index is 0.595. The van der Waals surface area contributed by atoms with Crippen LogP contribution in [0.15, 0.2) is 24.3 Å². The van der Waals surface area contributed by atoms with Crippen LogP contribution < -0.4 is 10.6 Å². The van der Waals surface area contributed by atoms with Crippen molar-refractivity contribution in [2.24, 2.45) is 0 Å². The van der Waals surface area contributed by atoms with Gasteiger partial charge in [0, 0.05) is 15.1 Å². The first-order valence-corrected chi connectivity index (χ1v) is 10.7. The van der Waals surface area contributed by atoms with E-state index in [1.54, 1.807) is 22.7 Å². The molecule has 0 aliphatic heterocycles. The van der Waals surface area contributed by atoms with E-state index in [0.717, 1.165) is 38.1 Å². The number of para-hydroxylation sites is 1. The summed E-state index contributed by atoms with van der Waals surface area (Å²) < 4.78 is 0. The van der Waals surface area contributed by atoms with Gasteiger partial charge in [-0.05, 0) is 39.8 Å². The summed E-state index contributed by atoms with van der Waals surface area (Å²) in [6.45, 7) is 9.50. The summed E-state index contributed by atoms with van der Waals surface area (Å²) in [6.07, 6.45) is 0. The number of hydrogen-bond acceptors (Lipinski definition) is 8. The van der Waals surface area contributed by atoms with Gasteiger partial charge in [-0.2, -0.15) is 4.98 Å². The first kappa shape index (κ1) is 18.8. The van der Waals surface area contributed by atoms with Crippen LogP contribution in [0.3, 0.4) is 0 Å². The molecule has 144 valence electrons. The molecule has 0 aliphatic rings. The monoisotopic (exact) mass is 410 g/mol. The Bertz CT molecular complexity index is 1130. The molecule has 6 nitrogen and oxygen atoms in total. The van der Waals surface area contributed by atoms with Gasteiger partial charge in [-0.1, -0.05) is 12.1 Å². The number of rotatable bonds is 6. The lowest BCUT2D eigenvalue weighted by Gasteiger charge is -2.11. The summed E-state index contributed by atoms with van der Waals surface area (Å²) in [5.41, 5.74) is 3.01. The Morgan fingerprint density at radius 3 is 1.96 bits per heavy atom. The van der Waals surface area contributed by atoms with Crippen molar-refractivity contribution in [1.29, 1.82) is 0 Å². The second-order valence-corrected chi connectivity index (χ2v) is 9.41. The highest BCUT2D eigenvalue weighted by Gasteiger charge is 2.11. The largest absolute Gasteiger partial charge is 0.364 e. The molecule has 4 rings (SSSR count). The van der Waals surface area contributed by atoms with Crippen molar-refractivity contribution < 1.29 is 0 Å². The molecule has 3 aromatic heterocycles. The minimum absolute atomic E-state index is 0.595. The van der Waals surface area contributed by atoms with Crippen LogP contribution in [0.2, 0.25) is 0 Å². The lowest BCUT2D eigenvalue weighted by atomic mass is 10.2. The van der Waals surface area contributed by atoms with E-state index < -0.39 is 0 Å². The molecule has 0 saturated heterocycles. The summed E-state index contributed by atoms with van der Waals surface area (Å²) >= 11 is 3.43. The topological polar surface area (TPSA) is 75.6 Å². The molecule has 1 aromatic carbocycles. The van der Waals surface area contributed by atoms with Crippen LogP contribution in [-0.4, -0.2) is 19.9 Å². The van der Waals surface area contributed by atoms with Gasteiger partial charge in [-0.15, -0.1) is 22.7 Å². The van der Waals surface area contributed by atoms with E-state index in [2.05, 4.69) is 39.4 Å². The number of nitrogens with zero attached hydrogens (tertiary/aromatic N) is 4. The zero-order chi connectivity index (χ0) is 19.7. The molecular formula is C20H22N6S2. The lowest BCUT2D eigenvalue weighted by molar-refractivity contribution is 0.992. The van der Waals surface area contributed by atoms with E-state index in [1.165, 1.54) is 9.75 Å². The Kier molecular flexibility index (Phi) is 5.23. The van der Waals surface area contributed by atoms with E-state index in [1.807, 2.05) is 38.1 Å². The standard InChI is InChI=1S/C20H22N6S2/c1-11-17(23-13(3)27-11)9-21-19-15-7-5-6-8-16(15)25-20(26-19)22-10-18-12(2)28-14(4)24-18/h5-8H,9-10H2,1-4H3,(H2,21,22,25,26). The van der Waals surface area contributed by atoms with Crippen molar-refractivity contribution in [3.8, 4) is 0 Å². The highest BCUT2D eigenvalue weighted by Crippen LogP contribution is 2.24. The zero-order valence-electron chi connectivity index (χ0n) is 16.3. The molecule has 28 heavy (non-hydrogen) atoms. The summed E-state index contributed by atoms with van der Waals surface area (Å²) in [7, 11) is 0. The molecule has 0 spiro atoms. The van der Waals surface area contributed by atoms with Crippen molar-refractivity contribution in [3.63, 3.8) is 0 Å². The van der Waals surface area contributed by atoms with Gasteiger partial charge in [0.15, 0.2) is 0 Å². The van der Waals surface area contributed by atoms with Gasteiger partial charge in [0.25, 0.3) is 0 Å². The number of anilines is 2. The Morgan fingerprint density at radius 1 is 0.750 bits per heavy atom. The van der Waals surface area contributed by atoms with Gasteiger partial charge in [0.1, 0.15) is 5.82 Å². The molecule has 0 saturated carbocycles. The predicted octanol–water partition coefficient (Wildman–Crippen LogP) is 5.00. The maximum atomic E-state index is 4.72. The van der Waals surface area contributed by atoms with Crippen LogP contribution in [0.25, 0.3) is 10.9 Å². The third-order valence-corrected chi connectivity index (χ3v) is 6.30. The molecule has 8 heteroatoms. The van der Waals surface area contributed by atoms with Crippen LogP contribution in [0.4, 0.5) is 11.8 Å². The average molecular weight is 411 g/mol. The van der Waals surface area contributed by atoms with Crippen molar-refractivity contribution in [2.45, 2.75) is 40.8 Å². The number of benzene rings is 1. The Labute approximate surface area is 172 Å². The van der Waals surface area contributed by atoms with E-state index in [-0.39, 0.29) is 0 Å².